The third-order valence-corrected chi connectivity index (χ3v) is 7.02. The number of sulfonamides is 1. The van der Waals surface area contributed by atoms with Gasteiger partial charge in [0.05, 0.1) is 6.26 Å². The minimum atomic E-state index is -3.41. The van der Waals surface area contributed by atoms with Crippen LogP contribution in [0.5, 0.6) is 0 Å². The molecule has 0 saturated heterocycles. The number of likely N-dealkylation sites (N-methyl/N-ethyl adjacent to an activating group) is 1. The van der Waals surface area contributed by atoms with Crippen molar-refractivity contribution < 1.29 is 22.4 Å². The van der Waals surface area contributed by atoms with E-state index in [0.29, 0.717) is 5.02 Å². The van der Waals surface area contributed by atoms with Gasteiger partial charge in [0, 0.05) is 50.4 Å². The van der Waals surface area contributed by atoms with Gasteiger partial charge in [-0.3, -0.25) is 14.4 Å². The number of carbonyl (C=O) groups excluding carboxylic acids is 2. The van der Waals surface area contributed by atoms with E-state index in [9.17, 15) is 27.2 Å². The molecular formula is C21H24ClFN4O5S. The monoisotopic (exact) mass is 498 g/mol. The number of benzene rings is 1. The summed E-state index contributed by atoms with van der Waals surface area (Å²) in [4.78, 5) is 39.9. The molecule has 9 nitrogen and oxygen atoms in total. The van der Waals surface area contributed by atoms with Crippen LogP contribution in [-0.2, 0) is 29.8 Å². The second kappa shape index (κ2) is 10.0. The number of halogens is 2. The Bertz CT molecular complexity index is 1230. The largest absolute Gasteiger partial charge is 0.348 e. The van der Waals surface area contributed by atoms with Gasteiger partial charge in [-0.2, -0.15) is 0 Å². The highest BCUT2D eigenvalue weighted by atomic mass is 35.5. The maximum absolute atomic E-state index is 13.8. The van der Waals surface area contributed by atoms with Crippen molar-refractivity contribution >= 4 is 33.4 Å². The fraction of sp³-hybridized carbons (Fsp3) is 0.381. The highest BCUT2D eigenvalue weighted by molar-refractivity contribution is 7.88. The lowest BCUT2D eigenvalue weighted by Crippen LogP contribution is -2.49. The SMILES string of the molecule is CN(CCN1CCn2c(c(CF)cc(C(=O)NCc3ccc(Cl)cc3)c2=O)C1=O)S(C)(=O)=O. The first-order valence-electron chi connectivity index (χ1n) is 10.1. The average Bonchev–Trinajstić information content (AvgIpc) is 2.77. The summed E-state index contributed by atoms with van der Waals surface area (Å²) in [5, 5.41) is 3.17. The predicted molar refractivity (Wildman–Crippen MR) is 122 cm³/mol. The van der Waals surface area contributed by atoms with Crippen molar-refractivity contribution in [2.75, 3.05) is 32.9 Å². The van der Waals surface area contributed by atoms with Crippen LogP contribution in [0.3, 0.4) is 0 Å². The standard InChI is InChI=1S/C21H24ClFN4O5S/c1-25(33(2,31)32)7-8-26-9-10-27-18(21(26)30)15(12-23)11-17(20(27)29)19(28)24-13-14-3-5-16(22)6-4-14/h3-6,11H,7-10,12-13H2,1-2H3,(H,24,28). The zero-order valence-corrected chi connectivity index (χ0v) is 19.7. The fourth-order valence-corrected chi connectivity index (χ4v) is 3.99. The molecule has 1 aliphatic rings. The van der Waals surface area contributed by atoms with E-state index in [1.165, 1.54) is 11.9 Å². The number of carbonyl (C=O) groups is 2. The Morgan fingerprint density at radius 1 is 1.21 bits per heavy atom. The third kappa shape index (κ3) is 5.60. The summed E-state index contributed by atoms with van der Waals surface area (Å²) in [5.41, 5.74) is -0.362. The molecule has 1 N–H and O–H groups in total. The number of pyridine rings is 1. The summed E-state index contributed by atoms with van der Waals surface area (Å²) >= 11 is 5.84. The smallest absolute Gasteiger partial charge is 0.271 e. The molecule has 0 fully saturated rings. The Morgan fingerprint density at radius 3 is 2.48 bits per heavy atom. The number of aromatic nitrogens is 1. The molecule has 1 aromatic carbocycles. The number of nitrogens with zero attached hydrogens (tertiary/aromatic N) is 3. The molecule has 3 rings (SSSR count). The van der Waals surface area contributed by atoms with Gasteiger partial charge in [-0.25, -0.2) is 17.1 Å². The number of alkyl halides is 1. The van der Waals surface area contributed by atoms with Crippen LogP contribution in [0.25, 0.3) is 0 Å². The van der Waals surface area contributed by atoms with Crippen LogP contribution in [0.15, 0.2) is 35.1 Å². The molecule has 0 unspecified atom stereocenters. The van der Waals surface area contributed by atoms with Crippen LogP contribution in [0, 0.1) is 0 Å². The summed E-state index contributed by atoms with van der Waals surface area (Å²) in [6.45, 7) is -0.562. The molecule has 1 aromatic heterocycles. The molecule has 12 heteroatoms. The minimum absolute atomic E-state index is 0.0605. The van der Waals surface area contributed by atoms with E-state index in [4.69, 9.17) is 11.6 Å². The molecule has 0 spiro atoms. The van der Waals surface area contributed by atoms with Crippen molar-refractivity contribution in [3.8, 4) is 0 Å². The fourth-order valence-electron chi connectivity index (χ4n) is 3.45. The molecule has 1 aliphatic heterocycles. The zero-order chi connectivity index (χ0) is 24.3. The average molecular weight is 499 g/mol. The van der Waals surface area contributed by atoms with Gasteiger partial charge in [0.25, 0.3) is 17.4 Å². The highest BCUT2D eigenvalue weighted by Gasteiger charge is 2.30. The molecule has 0 saturated carbocycles. The Hall–Kier alpha value is -2.76. The Morgan fingerprint density at radius 2 is 1.88 bits per heavy atom. The number of amides is 2. The Kier molecular flexibility index (Phi) is 7.55. The quantitative estimate of drug-likeness (QED) is 0.589. The van der Waals surface area contributed by atoms with E-state index >= 15 is 0 Å². The molecule has 0 aliphatic carbocycles. The van der Waals surface area contributed by atoms with Crippen LogP contribution in [0.1, 0.15) is 32.0 Å². The zero-order valence-electron chi connectivity index (χ0n) is 18.2. The van der Waals surface area contributed by atoms with E-state index in [1.54, 1.807) is 24.3 Å². The molecule has 33 heavy (non-hydrogen) atoms. The first-order valence-corrected chi connectivity index (χ1v) is 12.3. The second-order valence-corrected chi connectivity index (χ2v) is 10.2. The lowest BCUT2D eigenvalue weighted by atomic mass is 10.1. The van der Waals surface area contributed by atoms with Crippen molar-refractivity contribution in [2.24, 2.45) is 0 Å². The number of hydrogen-bond donors (Lipinski definition) is 1. The number of rotatable bonds is 8. The van der Waals surface area contributed by atoms with Gasteiger partial charge in [-0.05, 0) is 23.8 Å². The first-order chi connectivity index (χ1) is 15.5. The van der Waals surface area contributed by atoms with Gasteiger partial charge < -0.3 is 14.8 Å². The van der Waals surface area contributed by atoms with E-state index in [2.05, 4.69) is 5.32 Å². The van der Waals surface area contributed by atoms with Crippen molar-refractivity contribution in [2.45, 2.75) is 19.8 Å². The molecule has 2 aromatic rings. The lowest BCUT2D eigenvalue weighted by Gasteiger charge is -2.31. The summed E-state index contributed by atoms with van der Waals surface area (Å²) in [6, 6.07) is 7.90. The molecule has 0 atom stereocenters. The van der Waals surface area contributed by atoms with Gasteiger partial charge in [0.2, 0.25) is 10.0 Å². The van der Waals surface area contributed by atoms with Gasteiger partial charge in [-0.15, -0.1) is 0 Å². The van der Waals surface area contributed by atoms with Crippen molar-refractivity contribution in [3.05, 3.63) is 68.1 Å². The number of hydrogen-bond acceptors (Lipinski definition) is 5. The van der Waals surface area contributed by atoms with Crippen molar-refractivity contribution in [1.82, 2.24) is 19.1 Å². The Balaban J connectivity index is 1.81. The van der Waals surface area contributed by atoms with Crippen LogP contribution in [-0.4, -0.2) is 66.9 Å². The summed E-state index contributed by atoms with van der Waals surface area (Å²) in [6.07, 6.45) is 1.06. The van der Waals surface area contributed by atoms with Crippen LogP contribution in [0.4, 0.5) is 4.39 Å². The summed E-state index contributed by atoms with van der Waals surface area (Å²) < 4.78 is 39.2. The van der Waals surface area contributed by atoms with E-state index < -0.39 is 34.1 Å². The van der Waals surface area contributed by atoms with Crippen molar-refractivity contribution in [3.63, 3.8) is 0 Å². The normalized spacial score (nSPS) is 13.8. The molecule has 2 amide bonds. The van der Waals surface area contributed by atoms with Crippen LogP contribution >= 0.6 is 11.6 Å². The lowest BCUT2D eigenvalue weighted by molar-refractivity contribution is 0.0690. The van der Waals surface area contributed by atoms with E-state index in [1.807, 2.05) is 0 Å². The molecule has 2 heterocycles. The second-order valence-electron chi connectivity index (χ2n) is 7.71. The van der Waals surface area contributed by atoms with Crippen LogP contribution < -0.4 is 10.9 Å². The topological polar surface area (TPSA) is 109 Å². The predicted octanol–water partition coefficient (Wildman–Crippen LogP) is 1.25. The molecule has 178 valence electrons. The van der Waals surface area contributed by atoms with Crippen LogP contribution in [0.2, 0.25) is 5.02 Å². The summed E-state index contributed by atoms with van der Waals surface area (Å²) in [7, 11) is -2.02. The Labute approximate surface area is 195 Å². The third-order valence-electron chi connectivity index (χ3n) is 5.46. The summed E-state index contributed by atoms with van der Waals surface area (Å²) in [5.74, 6) is -1.26. The minimum Gasteiger partial charge on any atom is -0.348 e. The number of nitrogens with one attached hydrogen (secondary N) is 1. The maximum Gasteiger partial charge on any atom is 0.271 e. The van der Waals surface area contributed by atoms with Gasteiger partial charge in [-0.1, -0.05) is 23.7 Å². The maximum atomic E-state index is 13.8. The van der Waals surface area contributed by atoms with E-state index in [0.717, 1.165) is 26.8 Å². The van der Waals surface area contributed by atoms with Gasteiger partial charge in [0.1, 0.15) is 17.9 Å². The molecule has 0 bridgehead atoms. The van der Waals surface area contributed by atoms with Gasteiger partial charge >= 0.3 is 0 Å². The molecule has 0 radical (unpaired) electrons. The van der Waals surface area contributed by atoms with E-state index in [-0.39, 0.29) is 49.5 Å². The first kappa shape index (κ1) is 24.9. The van der Waals surface area contributed by atoms with Crippen molar-refractivity contribution in [1.29, 1.82) is 0 Å². The number of fused-ring (bicyclic) bond motifs is 1. The molecular weight excluding hydrogens is 475 g/mol. The van der Waals surface area contributed by atoms with Gasteiger partial charge in [0.15, 0.2) is 0 Å². The highest BCUT2D eigenvalue weighted by Crippen LogP contribution is 2.18.